The SMILES string of the molecule is Cc1cc(Br)c(NCC(=O)N/N=C/C=C/c2ccccc2)c(Br)c1. The first kappa shape index (κ1) is 18.4. The largest absolute Gasteiger partial charge is 0.374 e. The van der Waals surface area contributed by atoms with Gasteiger partial charge in [0.2, 0.25) is 0 Å². The van der Waals surface area contributed by atoms with Crippen molar-refractivity contribution >= 4 is 55.7 Å². The van der Waals surface area contributed by atoms with Gasteiger partial charge in [0, 0.05) is 15.2 Å². The predicted octanol–water partition coefficient (Wildman–Crippen LogP) is 4.75. The molecule has 0 spiro atoms. The number of benzene rings is 2. The van der Waals surface area contributed by atoms with Crippen LogP contribution in [0.5, 0.6) is 0 Å². The van der Waals surface area contributed by atoms with Crippen molar-refractivity contribution < 1.29 is 4.79 Å². The summed E-state index contributed by atoms with van der Waals surface area (Å²) in [6, 6.07) is 13.8. The standard InChI is InChI=1S/C18H17Br2N3O/c1-13-10-15(19)18(16(20)11-13)21-12-17(24)23-22-9-5-8-14-6-3-2-4-7-14/h2-11,21H,12H2,1H3,(H,23,24)/b8-5+,22-9+. The first-order valence-corrected chi connectivity index (χ1v) is 8.88. The number of nitrogens with zero attached hydrogens (tertiary/aromatic N) is 1. The monoisotopic (exact) mass is 449 g/mol. The molecular weight excluding hydrogens is 434 g/mol. The number of hydrazone groups is 1. The normalized spacial score (nSPS) is 11.1. The Balaban J connectivity index is 1.80. The molecule has 24 heavy (non-hydrogen) atoms. The van der Waals surface area contributed by atoms with Crippen molar-refractivity contribution in [3.63, 3.8) is 0 Å². The van der Waals surface area contributed by atoms with Gasteiger partial charge in [-0.3, -0.25) is 4.79 Å². The van der Waals surface area contributed by atoms with Crippen LogP contribution in [0.1, 0.15) is 11.1 Å². The van der Waals surface area contributed by atoms with Gasteiger partial charge in [0.05, 0.1) is 12.2 Å². The van der Waals surface area contributed by atoms with Gasteiger partial charge in [-0.2, -0.15) is 5.10 Å². The zero-order chi connectivity index (χ0) is 17.4. The Labute approximate surface area is 158 Å². The minimum absolute atomic E-state index is 0.125. The second kappa shape index (κ2) is 9.39. The lowest BCUT2D eigenvalue weighted by atomic mass is 10.2. The third-order valence-corrected chi connectivity index (χ3v) is 4.30. The molecule has 0 saturated heterocycles. The van der Waals surface area contributed by atoms with E-state index >= 15 is 0 Å². The molecule has 0 unspecified atom stereocenters. The molecule has 2 aromatic rings. The molecule has 0 radical (unpaired) electrons. The molecule has 0 aliphatic heterocycles. The minimum atomic E-state index is -0.223. The molecule has 0 aliphatic rings. The number of hydrogen-bond acceptors (Lipinski definition) is 3. The number of nitrogens with one attached hydrogen (secondary N) is 2. The number of hydrogen-bond donors (Lipinski definition) is 2. The lowest BCUT2D eigenvalue weighted by Gasteiger charge is -2.10. The number of halogens is 2. The van der Waals surface area contributed by atoms with Crippen molar-refractivity contribution in [1.82, 2.24) is 5.43 Å². The fraction of sp³-hybridized carbons (Fsp3) is 0.111. The zero-order valence-electron chi connectivity index (χ0n) is 13.1. The summed E-state index contributed by atoms with van der Waals surface area (Å²) in [5, 5.41) is 6.96. The third kappa shape index (κ3) is 5.94. The van der Waals surface area contributed by atoms with Crippen LogP contribution in [0.2, 0.25) is 0 Å². The van der Waals surface area contributed by atoms with Crippen LogP contribution < -0.4 is 10.7 Å². The molecule has 2 N–H and O–H groups in total. The lowest BCUT2D eigenvalue weighted by molar-refractivity contribution is -0.119. The maximum atomic E-state index is 11.8. The number of aryl methyl sites for hydroxylation is 1. The van der Waals surface area contributed by atoms with Crippen LogP contribution in [-0.4, -0.2) is 18.7 Å². The van der Waals surface area contributed by atoms with E-state index in [1.165, 1.54) is 0 Å². The fourth-order valence-corrected chi connectivity index (χ4v) is 3.64. The Kier molecular flexibility index (Phi) is 7.21. The highest BCUT2D eigenvalue weighted by molar-refractivity contribution is 9.11. The zero-order valence-corrected chi connectivity index (χ0v) is 16.3. The van der Waals surface area contributed by atoms with Gasteiger partial charge in [-0.25, -0.2) is 5.43 Å². The van der Waals surface area contributed by atoms with Gasteiger partial charge >= 0.3 is 0 Å². The van der Waals surface area contributed by atoms with Gasteiger partial charge in [0.25, 0.3) is 5.91 Å². The van der Waals surface area contributed by atoms with E-state index < -0.39 is 0 Å². The van der Waals surface area contributed by atoms with Crippen molar-refractivity contribution in [3.05, 3.63) is 68.6 Å². The molecule has 0 aliphatic carbocycles. The highest BCUT2D eigenvalue weighted by Gasteiger charge is 2.07. The van der Waals surface area contributed by atoms with Crippen LogP contribution >= 0.6 is 31.9 Å². The van der Waals surface area contributed by atoms with Gasteiger partial charge in [0.1, 0.15) is 0 Å². The van der Waals surface area contributed by atoms with Crippen molar-refractivity contribution in [3.8, 4) is 0 Å². The van der Waals surface area contributed by atoms with Crippen LogP contribution in [0.3, 0.4) is 0 Å². The van der Waals surface area contributed by atoms with Crippen LogP contribution in [0, 0.1) is 6.92 Å². The molecule has 0 heterocycles. The van der Waals surface area contributed by atoms with Crippen LogP contribution in [0.4, 0.5) is 5.69 Å². The second-order valence-corrected chi connectivity index (χ2v) is 6.75. The molecule has 124 valence electrons. The summed E-state index contributed by atoms with van der Waals surface area (Å²) >= 11 is 6.96. The molecule has 0 saturated carbocycles. The summed E-state index contributed by atoms with van der Waals surface area (Å²) < 4.78 is 1.80. The van der Waals surface area contributed by atoms with Crippen LogP contribution in [0.15, 0.2) is 62.6 Å². The summed E-state index contributed by atoms with van der Waals surface area (Å²) in [4.78, 5) is 11.8. The van der Waals surface area contributed by atoms with Gasteiger partial charge in [-0.15, -0.1) is 0 Å². The number of carbonyl (C=O) groups excluding carboxylic acids is 1. The number of rotatable bonds is 6. The van der Waals surface area contributed by atoms with Gasteiger partial charge in [-0.05, 0) is 68.1 Å². The Morgan fingerprint density at radius 2 is 1.83 bits per heavy atom. The molecule has 2 aromatic carbocycles. The lowest BCUT2D eigenvalue weighted by Crippen LogP contribution is -2.26. The number of allylic oxidation sites excluding steroid dienone is 1. The third-order valence-electron chi connectivity index (χ3n) is 3.05. The molecule has 0 atom stereocenters. The molecule has 0 bridgehead atoms. The van der Waals surface area contributed by atoms with Crippen LogP contribution in [-0.2, 0) is 4.79 Å². The smallest absolute Gasteiger partial charge is 0.259 e. The van der Waals surface area contributed by atoms with Gasteiger partial charge in [0.15, 0.2) is 0 Å². The van der Waals surface area contributed by atoms with E-state index in [0.717, 1.165) is 25.8 Å². The Bertz CT molecular complexity index is 735. The molecular formula is C18H17Br2N3O. The highest BCUT2D eigenvalue weighted by Crippen LogP contribution is 2.31. The fourth-order valence-electron chi connectivity index (χ4n) is 1.95. The Morgan fingerprint density at radius 3 is 2.50 bits per heavy atom. The van der Waals surface area contributed by atoms with Crippen molar-refractivity contribution in [2.45, 2.75) is 6.92 Å². The summed E-state index contributed by atoms with van der Waals surface area (Å²) in [5.41, 5.74) is 5.51. The van der Waals surface area contributed by atoms with Crippen molar-refractivity contribution in [2.75, 3.05) is 11.9 Å². The van der Waals surface area contributed by atoms with Crippen molar-refractivity contribution in [1.29, 1.82) is 0 Å². The molecule has 1 amide bonds. The van der Waals surface area contributed by atoms with E-state index in [9.17, 15) is 4.79 Å². The highest BCUT2D eigenvalue weighted by atomic mass is 79.9. The summed E-state index contributed by atoms with van der Waals surface area (Å²) in [6.07, 6.45) is 5.23. The summed E-state index contributed by atoms with van der Waals surface area (Å²) in [5.74, 6) is -0.223. The average molecular weight is 451 g/mol. The van der Waals surface area contributed by atoms with Crippen LogP contribution in [0.25, 0.3) is 6.08 Å². The Morgan fingerprint density at radius 1 is 1.17 bits per heavy atom. The maximum absolute atomic E-state index is 11.8. The molecule has 0 fully saturated rings. The van der Waals surface area contributed by atoms with E-state index in [2.05, 4.69) is 47.7 Å². The number of anilines is 1. The van der Waals surface area contributed by atoms with E-state index in [4.69, 9.17) is 0 Å². The topological polar surface area (TPSA) is 53.5 Å². The Hall–Kier alpha value is -1.92. The summed E-state index contributed by atoms with van der Waals surface area (Å²) in [7, 11) is 0. The molecule has 2 rings (SSSR count). The second-order valence-electron chi connectivity index (χ2n) is 5.04. The number of carbonyl (C=O) groups is 1. The molecule has 0 aromatic heterocycles. The maximum Gasteiger partial charge on any atom is 0.259 e. The quantitative estimate of drug-likeness (QED) is 0.493. The average Bonchev–Trinajstić information content (AvgIpc) is 2.54. The first-order chi connectivity index (χ1) is 11.6. The first-order valence-electron chi connectivity index (χ1n) is 7.29. The number of amides is 1. The van der Waals surface area contributed by atoms with E-state index in [0.29, 0.717) is 0 Å². The van der Waals surface area contributed by atoms with Crippen molar-refractivity contribution in [2.24, 2.45) is 5.10 Å². The van der Waals surface area contributed by atoms with Gasteiger partial charge < -0.3 is 5.32 Å². The molecule has 4 nitrogen and oxygen atoms in total. The van der Waals surface area contributed by atoms with E-state index in [1.54, 1.807) is 12.3 Å². The predicted molar refractivity (Wildman–Crippen MR) is 107 cm³/mol. The molecule has 6 heteroatoms. The van der Waals surface area contributed by atoms with E-state index in [-0.39, 0.29) is 12.5 Å². The van der Waals surface area contributed by atoms with E-state index in [1.807, 2.05) is 55.5 Å². The summed E-state index contributed by atoms with van der Waals surface area (Å²) in [6.45, 7) is 2.13. The van der Waals surface area contributed by atoms with Gasteiger partial charge in [-0.1, -0.05) is 36.4 Å². The minimum Gasteiger partial charge on any atom is -0.374 e.